The first-order valence-electron chi connectivity index (χ1n) is 7.03. The van der Waals surface area contributed by atoms with E-state index in [0.717, 1.165) is 27.7 Å². The van der Waals surface area contributed by atoms with Crippen LogP contribution >= 0.6 is 12.2 Å². The van der Waals surface area contributed by atoms with E-state index >= 15 is 0 Å². The first kappa shape index (κ1) is 20.7. The molecule has 0 aliphatic carbocycles. The zero-order valence-corrected chi connectivity index (χ0v) is 14.8. The van der Waals surface area contributed by atoms with Crippen LogP contribution in [0.3, 0.4) is 0 Å². The average Bonchev–Trinajstić information content (AvgIpc) is 2.44. The molecule has 0 N–H and O–H groups in total. The third-order valence-corrected chi connectivity index (χ3v) is 2.98. The van der Waals surface area contributed by atoms with Crippen molar-refractivity contribution in [3.05, 3.63) is 0 Å². The lowest BCUT2D eigenvalue weighted by atomic mass is 9.99. The van der Waals surface area contributed by atoms with Gasteiger partial charge in [0.05, 0.1) is 5.16 Å². The van der Waals surface area contributed by atoms with Gasteiger partial charge in [0, 0.05) is 27.7 Å². The van der Waals surface area contributed by atoms with Gasteiger partial charge in [0.15, 0.2) is 12.3 Å². The van der Waals surface area contributed by atoms with Crippen molar-refractivity contribution in [2.45, 2.75) is 51.9 Å². The first-order chi connectivity index (χ1) is 11.6. The van der Waals surface area contributed by atoms with Gasteiger partial charge in [-0.3, -0.25) is 19.2 Å². The minimum atomic E-state index is -2.16. The number of carbonyl (C=O) groups excluding carboxylic acids is 4. The summed E-state index contributed by atoms with van der Waals surface area (Å²) in [7, 11) is 0. The second-order valence-corrected chi connectivity index (χ2v) is 5.21. The van der Waals surface area contributed by atoms with E-state index in [1.165, 1.54) is 0 Å². The molecule has 3 atom stereocenters. The van der Waals surface area contributed by atoms with Crippen molar-refractivity contribution < 1.29 is 42.9 Å². The molecule has 1 rings (SSSR count). The van der Waals surface area contributed by atoms with Crippen LogP contribution in [0.4, 0.5) is 0 Å². The Balaban J connectivity index is 3.43. The van der Waals surface area contributed by atoms with E-state index in [4.69, 9.17) is 23.7 Å². The highest BCUT2D eigenvalue weighted by Crippen LogP contribution is 2.34. The molecule has 1 fully saturated rings. The molecule has 0 aromatic heterocycles. The van der Waals surface area contributed by atoms with Crippen LogP contribution in [-0.2, 0) is 42.9 Å². The number of esters is 4. The molecule has 0 bridgehead atoms. The van der Waals surface area contributed by atoms with Gasteiger partial charge < -0.3 is 23.7 Å². The quantitative estimate of drug-likeness (QED) is 0.215. The molecule has 0 aromatic rings. The van der Waals surface area contributed by atoms with Crippen LogP contribution in [0.2, 0.25) is 0 Å². The molecule has 1 aliphatic rings. The highest BCUT2D eigenvalue weighted by Gasteiger charge is 2.60. The zero-order valence-electron chi connectivity index (χ0n) is 14.0. The summed E-state index contributed by atoms with van der Waals surface area (Å²) in [4.78, 5) is 49.6. The molecule has 1 aliphatic heterocycles. The lowest BCUT2D eigenvalue weighted by Crippen LogP contribution is -2.66. The van der Waals surface area contributed by atoms with E-state index in [1.54, 1.807) is 0 Å². The van der Waals surface area contributed by atoms with Crippen LogP contribution in [0.15, 0.2) is 4.99 Å². The normalized spacial score (nSPS) is 24.2. The summed E-state index contributed by atoms with van der Waals surface area (Å²) in [5, 5.41) is 2.06. The Hall–Kier alpha value is -2.36. The summed E-state index contributed by atoms with van der Waals surface area (Å²) < 4.78 is 25.7. The number of ether oxygens (including phenoxy) is 5. The molecule has 25 heavy (non-hydrogen) atoms. The van der Waals surface area contributed by atoms with Gasteiger partial charge in [-0.05, 0) is 12.2 Å². The Kier molecular flexibility index (Phi) is 7.16. The maximum absolute atomic E-state index is 11.5. The number of hydrogen-bond acceptors (Lipinski definition) is 11. The van der Waals surface area contributed by atoms with Crippen molar-refractivity contribution in [1.82, 2.24) is 0 Å². The number of aliphatic imine (C=N–C) groups is 1. The highest BCUT2D eigenvalue weighted by molar-refractivity contribution is 7.78. The Labute approximate surface area is 148 Å². The van der Waals surface area contributed by atoms with Gasteiger partial charge in [-0.2, -0.15) is 4.99 Å². The summed E-state index contributed by atoms with van der Waals surface area (Å²) >= 11 is 4.51. The maximum atomic E-state index is 11.5. The van der Waals surface area contributed by atoms with Gasteiger partial charge >= 0.3 is 29.7 Å². The van der Waals surface area contributed by atoms with Crippen LogP contribution in [0.1, 0.15) is 27.7 Å². The van der Waals surface area contributed by atoms with E-state index in [2.05, 4.69) is 22.4 Å². The summed E-state index contributed by atoms with van der Waals surface area (Å²) in [5.41, 5.74) is 0. The number of rotatable bonds is 5. The predicted octanol–water partition coefficient (Wildman–Crippen LogP) is 0.131. The maximum Gasteiger partial charge on any atom is 0.321 e. The summed E-state index contributed by atoms with van der Waals surface area (Å²) in [6.07, 6.45) is -4.14. The molecule has 138 valence electrons. The minimum absolute atomic E-state index is 0.535. The number of nitrogens with zero attached hydrogens (tertiary/aromatic N) is 1. The van der Waals surface area contributed by atoms with Crippen molar-refractivity contribution in [3.8, 4) is 0 Å². The summed E-state index contributed by atoms with van der Waals surface area (Å²) in [5.74, 6) is -5.42. The number of isothiocyanates is 1. The summed E-state index contributed by atoms with van der Waals surface area (Å²) in [6.45, 7) is 3.74. The SMILES string of the molecule is CC(=O)O[C@H]1[C@H](N=C=S)OCC(OC(C)=O)(OC(C)=O)[C@@H]1OC(C)=O. The standard InChI is InChI=1S/C14H17NO9S/c1-7(16)21-11-12(22-8(2)17)14(23-9(3)18,24-10(4)19)5-20-13(11)15-6-25/h11-13H,5H2,1-4H3/t11-,12-,13-/m1/s1. The van der Waals surface area contributed by atoms with Crippen molar-refractivity contribution in [2.75, 3.05) is 6.61 Å². The molecule has 0 amide bonds. The van der Waals surface area contributed by atoms with Crippen LogP contribution in [0.5, 0.6) is 0 Å². The highest BCUT2D eigenvalue weighted by atomic mass is 32.1. The van der Waals surface area contributed by atoms with Gasteiger partial charge in [-0.15, -0.1) is 0 Å². The molecule has 11 heteroatoms. The lowest BCUT2D eigenvalue weighted by molar-refractivity contribution is -0.327. The van der Waals surface area contributed by atoms with Gasteiger partial charge in [-0.25, -0.2) is 0 Å². The van der Waals surface area contributed by atoms with Crippen molar-refractivity contribution in [3.63, 3.8) is 0 Å². The van der Waals surface area contributed by atoms with Crippen LogP contribution in [0.25, 0.3) is 0 Å². The Bertz CT molecular complexity index is 597. The topological polar surface area (TPSA) is 127 Å². The smallest absolute Gasteiger partial charge is 0.321 e. The molecule has 10 nitrogen and oxygen atoms in total. The second kappa shape index (κ2) is 8.65. The Morgan fingerprint density at radius 1 is 1.00 bits per heavy atom. The van der Waals surface area contributed by atoms with Crippen LogP contribution in [-0.4, -0.2) is 59.9 Å². The Morgan fingerprint density at radius 2 is 1.52 bits per heavy atom. The molecule has 1 heterocycles. The molecular weight excluding hydrogens is 358 g/mol. The fraction of sp³-hybridized carbons (Fsp3) is 0.643. The van der Waals surface area contributed by atoms with E-state index in [9.17, 15) is 19.2 Å². The van der Waals surface area contributed by atoms with E-state index in [1.807, 2.05) is 0 Å². The Morgan fingerprint density at radius 3 is 1.92 bits per heavy atom. The van der Waals surface area contributed by atoms with Crippen molar-refractivity contribution >= 4 is 41.3 Å². The van der Waals surface area contributed by atoms with Gasteiger partial charge in [0.1, 0.15) is 6.61 Å². The van der Waals surface area contributed by atoms with Crippen LogP contribution < -0.4 is 0 Å². The molecular formula is C14H17NO9S. The van der Waals surface area contributed by atoms with Gasteiger partial charge in [0.2, 0.25) is 6.10 Å². The monoisotopic (exact) mass is 375 g/mol. The predicted molar refractivity (Wildman–Crippen MR) is 82.1 cm³/mol. The minimum Gasteiger partial charge on any atom is -0.453 e. The zero-order chi connectivity index (χ0) is 19.2. The molecule has 0 radical (unpaired) electrons. The molecule has 0 spiro atoms. The fourth-order valence-corrected chi connectivity index (χ4v) is 2.37. The lowest BCUT2D eigenvalue weighted by Gasteiger charge is -2.45. The van der Waals surface area contributed by atoms with Crippen LogP contribution in [0, 0.1) is 0 Å². The largest absolute Gasteiger partial charge is 0.453 e. The van der Waals surface area contributed by atoms with E-state index in [-0.39, 0.29) is 0 Å². The van der Waals surface area contributed by atoms with Gasteiger partial charge in [0.25, 0.3) is 0 Å². The number of carbonyl (C=O) groups is 4. The molecule has 1 saturated heterocycles. The van der Waals surface area contributed by atoms with E-state index < -0.39 is 54.7 Å². The second-order valence-electron chi connectivity index (χ2n) is 5.03. The number of thiocarbonyl (C=S) groups is 1. The van der Waals surface area contributed by atoms with Crippen molar-refractivity contribution in [1.29, 1.82) is 0 Å². The third kappa shape index (κ3) is 5.59. The average molecular weight is 375 g/mol. The summed E-state index contributed by atoms with van der Waals surface area (Å²) in [6, 6.07) is 0. The molecule has 0 unspecified atom stereocenters. The first-order valence-corrected chi connectivity index (χ1v) is 7.44. The van der Waals surface area contributed by atoms with Gasteiger partial charge in [-0.1, -0.05) is 0 Å². The van der Waals surface area contributed by atoms with E-state index in [0.29, 0.717) is 0 Å². The third-order valence-electron chi connectivity index (χ3n) is 2.88. The molecule has 0 aromatic carbocycles. The van der Waals surface area contributed by atoms with Crippen molar-refractivity contribution in [2.24, 2.45) is 4.99 Å². The molecule has 0 saturated carbocycles. The fourth-order valence-electron chi connectivity index (χ4n) is 2.27. The number of hydrogen-bond donors (Lipinski definition) is 0.